The second-order valence-electron chi connectivity index (χ2n) is 4.56. The standard InChI is InChI=1S/C14H12ClFN4S/c1-9(10-4-14(15)21-6-10)19-11-2-3-13(12(16)5-11)20-8-17-7-18-20/h2-9,19H,1H3. The molecule has 21 heavy (non-hydrogen) atoms. The summed E-state index contributed by atoms with van der Waals surface area (Å²) in [7, 11) is 0. The van der Waals surface area contributed by atoms with Gasteiger partial charge in [0, 0.05) is 11.7 Å². The molecule has 2 heterocycles. The van der Waals surface area contributed by atoms with Crippen molar-refractivity contribution in [2.24, 2.45) is 0 Å². The van der Waals surface area contributed by atoms with Crippen LogP contribution in [0.5, 0.6) is 0 Å². The van der Waals surface area contributed by atoms with Gasteiger partial charge in [0.05, 0.1) is 4.34 Å². The first kappa shape index (κ1) is 14.0. The number of hydrogen-bond acceptors (Lipinski definition) is 4. The van der Waals surface area contributed by atoms with E-state index in [1.165, 1.54) is 34.7 Å². The van der Waals surface area contributed by atoms with Crippen LogP contribution >= 0.6 is 22.9 Å². The molecule has 1 unspecified atom stereocenters. The zero-order chi connectivity index (χ0) is 14.8. The molecular formula is C14H12ClFN4S. The largest absolute Gasteiger partial charge is 0.378 e. The van der Waals surface area contributed by atoms with E-state index in [-0.39, 0.29) is 11.9 Å². The second kappa shape index (κ2) is 5.83. The lowest BCUT2D eigenvalue weighted by molar-refractivity contribution is 0.610. The summed E-state index contributed by atoms with van der Waals surface area (Å²) in [5.41, 5.74) is 2.14. The van der Waals surface area contributed by atoms with Crippen LogP contribution in [0.25, 0.3) is 5.69 Å². The van der Waals surface area contributed by atoms with Crippen LogP contribution in [0.4, 0.5) is 10.1 Å². The molecule has 7 heteroatoms. The van der Waals surface area contributed by atoms with Crippen molar-refractivity contribution >= 4 is 28.6 Å². The maximum Gasteiger partial charge on any atom is 0.150 e. The van der Waals surface area contributed by atoms with Crippen molar-refractivity contribution in [1.29, 1.82) is 0 Å². The summed E-state index contributed by atoms with van der Waals surface area (Å²) in [5.74, 6) is -0.360. The monoisotopic (exact) mass is 322 g/mol. The van der Waals surface area contributed by atoms with Crippen LogP contribution in [-0.2, 0) is 0 Å². The van der Waals surface area contributed by atoms with Gasteiger partial charge in [-0.25, -0.2) is 14.1 Å². The van der Waals surface area contributed by atoms with Crippen LogP contribution in [0.1, 0.15) is 18.5 Å². The highest BCUT2D eigenvalue weighted by Crippen LogP contribution is 2.27. The van der Waals surface area contributed by atoms with Crippen molar-refractivity contribution in [3.05, 3.63) is 58.0 Å². The Bertz CT molecular complexity index is 741. The second-order valence-corrected chi connectivity index (χ2v) is 6.10. The molecule has 4 nitrogen and oxygen atoms in total. The Labute approximate surface area is 130 Å². The third-order valence-electron chi connectivity index (χ3n) is 3.08. The highest BCUT2D eigenvalue weighted by Gasteiger charge is 2.10. The molecule has 0 amide bonds. The van der Waals surface area contributed by atoms with Crippen LogP contribution in [0.2, 0.25) is 4.34 Å². The average Bonchev–Trinajstić information content (AvgIpc) is 3.10. The SMILES string of the molecule is CC(Nc1ccc(-n2cncn2)c(F)c1)c1csc(Cl)c1. The van der Waals surface area contributed by atoms with Crippen molar-refractivity contribution in [2.45, 2.75) is 13.0 Å². The maximum atomic E-state index is 14.1. The van der Waals surface area contributed by atoms with Gasteiger partial charge in [0.15, 0.2) is 5.82 Å². The van der Waals surface area contributed by atoms with E-state index in [0.717, 1.165) is 9.90 Å². The highest BCUT2D eigenvalue weighted by molar-refractivity contribution is 7.14. The van der Waals surface area contributed by atoms with Gasteiger partial charge in [-0.2, -0.15) is 5.10 Å². The number of anilines is 1. The first-order valence-corrected chi connectivity index (χ1v) is 7.54. The van der Waals surface area contributed by atoms with E-state index in [9.17, 15) is 4.39 Å². The minimum absolute atomic E-state index is 0.0466. The summed E-state index contributed by atoms with van der Waals surface area (Å²) < 4.78 is 16.3. The van der Waals surface area contributed by atoms with Crippen molar-refractivity contribution in [2.75, 3.05) is 5.32 Å². The number of hydrogen-bond donors (Lipinski definition) is 1. The van der Waals surface area contributed by atoms with Gasteiger partial charge < -0.3 is 5.32 Å². The predicted molar refractivity (Wildman–Crippen MR) is 82.7 cm³/mol. The minimum atomic E-state index is -0.360. The van der Waals surface area contributed by atoms with Gasteiger partial charge in [0.25, 0.3) is 0 Å². The lowest BCUT2D eigenvalue weighted by Crippen LogP contribution is -2.06. The number of rotatable bonds is 4. The van der Waals surface area contributed by atoms with Gasteiger partial charge in [-0.1, -0.05) is 11.6 Å². The van der Waals surface area contributed by atoms with Crippen LogP contribution < -0.4 is 5.32 Å². The highest BCUT2D eigenvalue weighted by atomic mass is 35.5. The quantitative estimate of drug-likeness (QED) is 0.779. The average molecular weight is 323 g/mol. The first-order chi connectivity index (χ1) is 10.1. The van der Waals surface area contributed by atoms with Gasteiger partial charge in [-0.3, -0.25) is 0 Å². The fourth-order valence-corrected chi connectivity index (χ4v) is 2.98. The number of benzene rings is 1. The smallest absolute Gasteiger partial charge is 0.150 e. The third-order valence-corrected chi connectivity index (χ3v) is 4.19. The number of aromatic nitrogens is 3. The van der Waals surface area contributed by atoms with Crippen molar-refractivity contribution in [3.8, 4) is 5.69 Å². The fraction of sp³-hybridized carbons (Fsp3) is 0.143. The molecule has 1 aromatic carbocycles. The Kier molecular flexibility index (Phi) is 3.90. The van der Waals surface area contributed by atoms with Gasteiger partial charge in [0.1, 0.15) is 18.3 Å². The lowest BCUT2D eigenvalue weighted by atomic mass is 10.1. The molecule has 0 bridgehead atoms. The Morgan fingerprint density at radius 1 is 1.38 bits per heavy atom. The van der Waals surface area contributed by atoms with E-state index < -0.39 is 0 Å². The molecule has 0 saturated heterocycles. The molecule has 0 aliphatic heterocycles. The molecule has 3 rings (SSSR count). The zero-order valence-electron chi connectivity index (χ0n) is 11.1. The summed E-state index contributed by atoms with van der Waals surface area (Å²) in [5, 5.41) is 9.15. The molecule has 0 fully saturated rings. The van der Waals surface area contributed by atoms with E-state index in [4.69, 9.17) is 11.6 Å². The Morgan fingerprint density at radius 3 is 2.86 bits per heavy atom. The summed E-state index contributed by atoms with van der Waals surface area (Å²) in [6.45, 7) is 2.00. The Morgan fingerprint density at radius 2 is 2.24 bits per heavy atom. The normalized spacial score (nSPS) is 12.3. The topological polar surface area (TPSA) is 42.7 Å². The molecule has 3 aromatic rings. The zero-order valence-corrected chi connectivity index (χ0v) is 12.7. The van der Waals surface area contributed by atoms with Crippen molar-refractivity contribution in [3.63, 3.8) is 0 Å². The van der Waals surface area contributed by atoms with Gasteiger partial charge in [-0.05, 0) is 42.1 Å². The Balaban J connectivity index is 1.79. The third kappa shape index (κ3) is 3.06. The predicted octanol–water partition coefficient (Wildman–Crippen LogP) is 4.29. The van der Waals surface area contributed by atoms with Crippen LogP contribution in [0, 0.1) is 5.82 Å². The molecule has 0 spiro atoms. The maximum absolute atomic E-state index is 14.1. The first-order valence-electron chi connectivity index (χ1n) is 6.28. The molecule has 2 aromatic heterocycles. The number of thiophene rings is 1. The summed E-state index contributed by atoms with van der Waals surface area (Å²) in [6, 6.07) is 6.88. The van der Waals surface area contributed by atoms with E-state index in [1.54, 1.807) is 6.07 Å². The lowest BCUT2D eigenvalue weighted by Gasteiger charge is -2.15. The van der Waals surface area contributed by atoms with Crippen LogP contribution in [0.3, 0.4) is 0 Å². The van der Waals surface area contributed by atoms with E-state index >= 15 is 0 Å². The van der Waals surface area contributed by atoms with Gasteiger partial charge in [-0.15, -0.1) is 11.3 Å². The summed E-state index contributed by atoms with van der Waals surface area (Å²) in [4.78, 5) is 3.81. The van der Waals surface area contributed by atoms with Crippen LogP contribution in [0.15, 0.2) is 42.3 Å². The number of nitrogens with one attached hydrogen (secondary N) is 1. The van der Waals surface area contributed by atoms with E-state index in [2.05, 4.69) is 15.4 Å². The summed E-state index contributed by atoms with van der Waals surface area (Å²) >= 11 is 7.41. The molecular weight excluding hydrogens is 311 g/mol. The summed E-state index contributed by atoms with van der Waals surface area (Å²) in [6.07, 6.45) is 2.83. The Hall–Kier alpha value is -1.92. The van der Waals surface area contributed by atoms with E-state index in [0.29, 0.717) is 11.4 Å². The molecule has 0 radical (unpaired) electrons. The van der Waals surface area contributed by atoms with Crippen molar-refractivity contribution in [1.82, 2.24) is 14.8 Å². The van der Waals surface area contributed by atoms with Gasteiger partial charge in [0.2, 0.25) is 0 Å². The number of nitrogens with zero attached hydrogens (tertiary/aromatic N) is 3. The molecule has 0 aliphatic rings. The fourth-order valence-electron chi connectivity index (χ4n) is 2.00. The molecule has 1 N–H and O–H groups in total. The minimum Gasteiger partial charge on any atom is -0.378 e. The molecule has 0 saturated carbocycles. The number of halogens is 2. The van der Waals surface area contributed by atoms with Gasteiger partial charge >= 0.3 is 0 Å². The molecule has 1 atom stereocenters. The molecule has 108 valence electrons. The molecule has 0 aliphatic carbocycles. The van der Waals surface area contributed by atoms with E-state index in [1.807, 2.05) is 24.4 Å². The van der Waals surface area contributed by atoms with Crippen LogP contribution in [-0.4, -0.2) is 14.8 Å². The van der Waals surface area contributed by atoms with Crippen molar-refractivity contribution < 1.29 is 4.39 Å².